The predicted molar refractivity (Wildman–Crippen MR) is 113 cm³/mol. The first kappa shape index (κ1) is 22.4. The lowest BCUT2D eigenvalue weighted by Crippen LogP contribution is -2.48. The number of carbonyl (C=O) groups is 2. The largest absolute Gasteiger partial charge is 0.354 e. The van der Waals surface area contributed by atoms with Gasteiger partial charge in [0.1, 0.15) is 11.9 Å². The highest BCUT2D eigenvalue weighted by atomic mass is 79.9. The summed E-state index contributed by atoms with van der Waals surface area (Å²) in [5.41, 5.74) is 1.00. The van der Waals surface area contributed by atoms with Gasteiger partial charge in [0.2, 0.25) is 11.8 Å². The molecule has 0 aliphatic heterocycles. The van der Waals surface area contributed by atoms with Crippen LogP contribution in [0.25, 0.3) is 0 Å². The van der Waals surface area contributed by atoms with Gasteiger partial charge < -0.3 is 10.2 Å². The van der Waals surface area contributed by atoms with E-state index in [9.17, 15) is 14.0 Å². The van der Waals surface area contributed by atoms with Crippen LogP contribution in [0, 0.1) is 5.82 Å². The summed E-state index contributed by atoms with van der Waals surface area (Å²) in [5, 5.41) is 3.00. The number of hydrogen-bond donors (Lipinski definition) is 1. The summed E-state index contributed by atoms with van der Waals surface area (Å²) in [6.45, 7) is 4.39. The van der Waals surface area contributed by atoms with Gasteiger partial charge in [-0.25, -0.2) is 4.39 Å². The number of nitrogens with one attached hydrogen (secondary N) is 1. The van der Waals surface area contributed by atoms with E-state index in [0.29, 0.717) is 6.54 Å². The maximum absolute atomic E-state index is 14.1. The predicted octanol–water partition coefficient (Wildman–Crippen LogP) is 4.73. The highest BCUT2D eigenvalue weighted by Crippen LogP contribution is 2.22. The van der Waals surface area contributed by atoms with E-state index in [1.165, 1.54) is 17.0 Å². The van der Waals surface area contributed by atoms with Gasteiger partial charge in [0.05, 0.1) is 6.42 Å². The highest BCUT2D eigenvalue weighted by Gasteiger charge is 2.27. The first-order valence-electron chi connectivity index (χ1n) is 9.08. The molecule has 0 unspecified atom stereocenters. The lowest BCUT2D eigenvalue weighted by Gasteiger charge is -2.29. The minimum atomic E-state index is -0.701. The summed E-state index contributed by atoms with van der Waals surface area (Å²) >= 11 is 9.45. The molecule has 7 heteroatoms. The number of benzene rings is 2. The monoisotopic (exact) mass is 468 g/mol. The molecular formula is C21H23BrClFN2O2. The second kappa shape index (κ2) is 10.6. The maximum Gasteiger partial charge on any atom is 0.242 e. The van der Waals surface area contributed by atoms with E-state index >= 15 is 0 Å². The standard InChI is InChI=1S/C21H23BrClFN2O2/c1-3-11-25-21(28)14(2)26(13-15-7-9-16(22)10-8-15)20(27)12-17-18(23)5-4-6-19(17)24/h4-10,14H,3,11-13H2,1-2H3,(H,25,28)/t14-/m1/s1. The minimum absolute atomic E-state index is 0.135. The Morgan fingerprint density at radius 1 is 1.21 bits per heavy atom. The normalized spacial score (nSPS) is 11.8. The molecule has 0 aliphatic rings. The topological polar surface area (TPSA) is 49.4 Å². The summed E-state index contributed by atoms with van der Waals surface area (Å²) in [6, 6.07) is 11.1. The van der Waals surface area contributed by atoms with Gasteiger partial charge in [-0.1, -0.05) is 52.7 Å². The maximum atomic E-state index is 14.1. The molecule has 0 heterocycles. The molecule has 2 aromatic rings. The Kier molecular flexibility index (Phi) is 8.45. The molecular weight excluding hydrogens is 447 g/mol. The van der Waals surface area contributed by atoms with Crippen LogP contribution in [0.5, 0.6) is 0 Å². The second-order valence-electron chi connectivity index (χ2n) is 6.49. The molecule has 0 aliphatic carbocycles. The molecule has 0 fully saturated rings. The summed E-state index contributed by atoms with van der Waals surface area (Å²) in [7, 11) is 0. The average Bonchev–Trinajstić information content (AvgIpc) is 2.67. The van der Waals surface area contributed by atoms with Gasteiger partial charge in [0.15, 0.2) is 0 Å². The van der Waals surface area contributed by atoms with Gasteiger partial charge in [-0.05, 0) is 43.2 Å². The summed E-state index contributed by atoms with van der Waals surface area (Å²) in [4.78, 5) is 26.9. The van der Waals surface area contributed by atoms with E-state index in [1.807, 2.05) is 31.2 Å². The van der Waals surface area contributed by atoms with Crippen LogP contribution in [0.1, 0.15) is 31.4 Å². The van der Waals surface area contributed by atoms with Crippen LogP contribution < -0.4 is 5.32 Å². The fourth-order valence-corrected chi connectivity index (χ4v) is 3.21. The van der Waals surface area contributed by atoms with Gasteiger partial charge in [-0.2, -0.15) is 0 Å². The Morgan fingerprint density at radius 3 is 2.50 bits per heavy atom. The first-order chi connectivity index (χ1) is 13.3. The van der Waals surface area contributed by atoms with Crippen LogP contribution in [0.4, 0.5) is 4.39 Å². The van der Waals surface area contributed by atoms with Crippen molar-refractivity contribution in [2.75, 3.05) is 6.54 Å². The van der Waals surface area contributed by atoms with Crippen molar-refractivity contribution in [1.29, 1.82) is 0 Å². The molecule has 4 nitrogen and oxygen atoms in total. The molecule has 0 saturated heterocycles. The number of hydrogen-bond acceptors (Lipinski definition) is 2. The van der Waals surface area contributed by atoms with E-state index in [-0.39, 0.29) is 35.4 Å². The quantitative estimate of drug-likeness (QED) is 0.608. The number of halogens is 3. The molecule has 2 rings (SSSR count). The molecule has 2 aromatic carbocycles. The molecule has 2 amide bonds. The molecule has 28 heavy (non-hydrogen) atoms. The van der Waals surface area contributed by atoms with Crippen LogP contribution in [-0.4, -0.2) is 29.3 Å². The molecule has 1 N–H and O–H groups in total. The van der Waals surface area contributed by atoms with Gasteiger partial charge in [-0.15, -0.1) is 0 Å². The number of rotatable bonds is 8. The molecule has 0 bridgehead atoms. The van der Waals surface area contributed by atoms with E-state index < -0.39 is 11.9 Å². The van der Waals surface area contributed by atoms with Gasteiger partial charge in [0, 0.05) is 28.1 Å². The Balaban J connectivity index is 2.26. The van der Waals surface area contributed by atoms with E-state index in [2.05, 4.69) is 21.2 Å². The number of nitrogens with zero attached hydrogens (tertiary/aromatic N) is 1. The van der Waals surface area contributed by atoms with E-state index in [1.54, 1.807) is 13.0 Å². The summed E-state index contributed by atoms with van der Waals surface area (Å²) < 4.78 is 15.0. The van der Waals surface area contributed by atoms with Crippen molar-refractivity contribution in [3.63, 3.8) is 0 Å². The fourth-order valence-electron chi connectivity index (χ4n) is 2.72. The van der Waals surface area contributed by atoms with Crippen LogP contribution in [-0.2, 0) is 22.6 Å². The van der Waals surface area contributed by atoms with E-state index in [0.717, 1.165) is 16.5 Å². The Morgan fingerprint density at radius 2 is 1.89 bits per heavy atom. The highest BCUT2D eigenvalue weighted by molar-refractivity contribution is 9.10. The zero-order chi connectivity index (χ0) is 20.7. The number of amides is 2. The Bertz CT molecular complexity index is 809. The Labute approximate surface area is 178 Å². The van der Waals surface area contributed by atoms with Gasteiger partial charge >= 0.3 is 0 Å². The average molecular weight is 470 g/mol. The number of carbonyl (C=O) groups excluding carboxylic acids is 2. The van der Waals surface area contributed by atoms with Crippen LogP contribution >= 0.6 is 27.5 Å². The second-order valence-corrected chi connectivity index (χ2v) is 7.81. The van der Waals surface area contributed by atoms with Gasteiger partial charge in [0.25, 0.3) is 0 Å². The van der Waals surface area contributed by atoms with Crippen molar-refractivity contribution in [1.82, 2.24) is 10.2 Å². The zero-order valence-corrected chi connectivity index (χ0v) is 18.2. The lowest BCUT2D eigenvalue weighted by molar-refractivity contribution is -0.140. The van der Waals surface area contributed by atoms with Crippen LogP contribution in [0.15, 0.2) is 46.9 Å². The first-order valence-corrected chi connectivity index (χ1v) is 10.2. The third kappa shape index (κ3) is 6.04. The molecule has 0 aromatic heterocycles. The SMILES string of the molecule is CCCNC(=O)[C@@H](C)N(Cc1ccc(Br)cc1)C(=O)Cc1c(F)cccc1Cl. The van der Waals surface area contributed by atoms with Crippen molar-refractivity contribution >= 4 is 39.3 Å². The van der Waals surface area contributed by atoms with Crippen molar-refractivity contribution in [2.24, 2.45) is 0 Å². The zero-order valence-electron chi connectivity index (χ0n) is 15.8. The van der Waals surface area contributed by atoms with E-state index in [4.69, 9.17) is 11.6 Å². The Hall–Kier alpha value is -1.92. The third-order valence-electron chi connectivity index (χ3n) is 4.37. The molecule has 0 saturated carbocycles. The molecule has 0 spiro atoms. The molecule has 1 atom stereocenters. The lowest BCUT2D eigenvalue weighted by atomic mass is 10.1. The van der Waals surface area contributed by atoms with Crippen molar-refractivity contribution in [2.45, 2.75) is 39.3 Å². The summed E-state index contributed by atoms with van der Waals surface area (Å²) in [6.07, 6.45) is 0.581. The van der Waals surface area contributed by atoms with Gasteiger partial charge in [-0.3, -0.25) is 9.59 Å². The third-order valence-corrected chi connectivity index (χ3v) is 5.26. The smallest absolute Gasteiger partial charge is 0.242 e. The minimum Gasteiger partial charge on any atom is -0.354 e. The van der Waals surface area contributed by atoms with Crippen molar-refractivity contribution in [3.05, 3.63) is 68.9 Å². The van der Waals surface area contributed by atoms with Crippen molar-refractivity contribution < 1.29 is 14.0 Å². The summed E-state index contributed by atoms with van der Waals surface area (Å²) in [5.74, 6) is -1.14. The fraction of sp³-hybridized carbons (Fsp3) is 0.333. The van der Waals surface area contributed by atoms with Crippen LogP contribution in [0.3, 0.4) is 0 Å². The van der Waals surface area contributed by atoms with Crippen LogP contribution in [0.2, 0.25) is 5.02 Å². The van der Waals surface area contributed by atoms with Crippen molar-refractivity contribution in [3.8, 4) is 0 Å². The molecule has 0 radical (unpaired) electrons. The molecule has 150 valence electrons.